The van der Waals surface area contributed by atoms with Crippen LogP contribution >= 0.6 is 0 Å². The second-order valence-electron chi connectivity index (χ2n) is 3.79. The van der Waals surface area contributed by atoms with Crippen LogP contribution < -0.4 is 0 Å². The molecule has 3 nitrogen and oxygen atoms in total. The van der Waals surface area contributed by atoms with Crippen molar-refractivity contribution in [3.05, 3.63) is 35.9 Å². The third kappa shape index (κ3) is 2.18. The van der Waals surface area contributed by atoms with Crippen LogP contribution in [0.25, 0.3) is 0 Å². The van der Waals surface area contributed by atoms with Crippen molar-refractivity contribution in [3.63, 3.8) is 0 Å². The van der Waals surface area contributed by atoms with Gasteiger partial charge in [0.15, 0.2) is 0 Å². The number of amides is 1. The van der Waals surface area contributed by atoms with E-state index >= 15 is 0 Å². The second kappa shape index (κ2) is 4.45. The third-order valence-electron chi connectivity index (χ3n) is 2.65. The van der Waals surface area contributed by atoms with Crippen LogP contribution in [0.1, 0.15) is 17.3 Å². The van der Waals surface area contributed by atoms with Crippen LogP contribution in [0.3, 0.4) is 0 Å². The van der Waals surface area contributed by atoms with Gasteiger partial charge in [-0.05, 0) is 19.1 Å². The number of ether oxygens (including phenoxy) is 1. The molecule has 1 aromatic rings. The minimum absolute atomic E-state index is 0.103. The van der Waals surface area contributed by atoms with Crippen LogP contribution in [0.4, 0.5) is 0 Å². The number of rotatable bonds is 1. The van der Waals surface area contributed by atoms with Gasteiger partial charge in [0.25, 0.3) is 5.91 Å². The summed E-state index contributed by atoms with van der Waals surface area (Å²) in [5.41, 5.74) is 0.756. The monoisotopic (exact) mass is 205 g/mol. The van der Waals surface area contributed by atoms with E-state index in [0.717, 1.165) is 5.56 Å². The summed E-state index contributed by atoms with van der Waals surface area (Å²) in [5, 5.41) is 0. The molecular formula is C12H15NO2. The molecule has 1 amide bonds. The van der Waals surface area contributed by atoms with E-state index in [2.05, 4.69) is 0 Å². The highest BCUT2D eigenvalue weighted by Crippen LogP contribution is 2.11. The molecule has 0 radical (unpaired) electrons. The quantitative estimate of drug-likeness (QED) is 0.696. The molecule has 0 aliphatic carbocycles. The first-order valence-electron chi connectivity index (χ1n) is 5.23. The molecule has 0 saturated carbocycles. The number of carbonyl (C=O) groups excluding carboxylic acids is 1. The average Bonchev–Trinajstić information content (AvgIpc) is 2.30. The molecule has 1 aliphatic rings. The Hall–Kier alpha value is -1.35. The summed E-state index contributed by atoms with van der Waals surface area (Å²) in [6, 6.07) is 9.57. The van der Waals surface area contributed by atoms with Crippen molar-refractivity contribution in [2.24, 2.45) is 0 Å². The van der Waals surface area contributed by atoms with E-state index in [4.69, 9.17) is 4.74 Å². The Morgan fingerprint density at radius 2 is 2.13 bits per heavy atom. The molecule has 1 aliphatic heterocycles. The summed E-state index contributed by atoms with van der Waals surface area (Å²) < 4.78 is 5.30. The van der Waals surface area contributed by atoms with E-state index in [1.807, 2.05) is 42.2 Å². The highest BCUT2D eigenvalue weighted by atomic mass is 16.5. The molecule has 15 heavy (non-hydrogen) atoms. The zero-order chi connectivity index (χ0) is 10.7. The van der Waals surface area contributed by atoms with Crippen LogP contribution in [0, 0.1) is 0 Å². The van der Waals surface area contributed by atoms with E-state index in [0.29, 0.717) is 19.8 Å². The van der Waals surface area contributed by atoms with E-state index in [1.165, 1.54) is 0 Å². The van der Waals surface area contributed by atoms with Crippen LogP contribution in [0.15, 0.2) is 30.3 Å². The van der Waals surface area contributed by atoms with Crippen LogP contribution in [0.5, 0.6) is 0 Å². The fourth-order valence-corrected chi connectivity index (χ4v) is 1.78. The Labute approximate surface area is 89.7 Å². The van der Waals surface area contributed by atoms with E-state index in [9.17, 15) is 4.79 Å². The topological polar surface area (TPSA) is 29.5 Å². The Kier molecular flexibility index (Phi) is 3.02. The number of hydrogen-bond donors (Lipinski definition) is 0. The smallest absolute Gasteiger partial charge is 0.254 e. The molecule has 0 N–H and O–H groups in total. The van der Waals surface area contributed by atoms with E-state index < -0.39 is 0 Å². The summed E-state index contributed by atoms with van der Waals surface area (Å²) >= 11 is 0. The lowest BCUT2D eigenvalue weighted by atomic mass is 10.1. The van der Waals surface area contributed by atoms with Gasteiger partial charge in [0.2, 0.25) is 0 Å². The summed E-state index contributed by atoms with van der Waals surface area (Å²) in [6.07, 6.45) is 0. The molecule has 0 bridgehead atoms. The van der Waals surface area contributed by atoms with Crippen molar-refractivity contribution in [1.29, 1.82) is 0 Å². The fourth-order valence-electron chi connectivity index (χ4n) is 1.78. The number of morpholine rings is 1. The van der Waals surface area contributed by atoms with Gasteiger partial charge in [0, 0.05) is 12.1 Å². The molecule has 0 spiro atoms. The van der Waals surface area contributed by atoms with Crippen molar-refractivity contribution >= 4 is 5.91 Å². The van der Waals surface area contributed by atoms with Gasteiger partial charge in [-0.2, -0.15) is 0 Å². The lowest BCUT2D eigenvalue weighted by Gasteiger charge is -2.33. The van der Waals surface area contributed by atoms with Crippen molar-refractivity contribution < 1.29 is 9.53 Å². The van der Waals surface area contributed by atoms with Gasteiger partial charge in [0.1, 0.15) is 0 Å². The summed E-state index contributed by atoms with van der Waals surface area (Å²) in [6.45, 7) is 3.98. The number of hydrogen-bond acceptors (Lipinski definition) is 2. The minimum atomic E-state index is 0.103. The lowest BCUT2D eigenvalue weighted by molar-refractivity contribution is 0.00359. The van der Waals surface area contributed by atoms with Gasteiger partial charge in [-0.3, -0.25) is 4.79 Å². The van der Waals surface area contributed by atoms with Crippen LogP contribution in [-0.4, -0.2) is 36.6 Å². The summed E-state index contributed by atoms with van der Waals surface area (Å²) in [5.74, 6) is 0.103. The molecular weight excluding hydrogens is 190 g/mol. The second-order valence-corrected chi connectivity index (χ2v) is 3.79. The largest absolute Gasteiger partial charge is 0.377 e. The Morgan fingerprint density at radius 3 is 2.80 bits per heavy atom. The number of nitrogens with zero attached hydrogens (tertiary/aromatic N) is 1. The van der Waals surface area contributed by atoms with Gasteiger partial charge in [-0.25, -0.2) is 0 Å². The Morgan fingerprint density at radius 1 is 1.40 bits per heavy atom. The lowest BCUT2D eigenvalue weighted by Crippen LogP contribution is -2.47. The predicted octanol–water partition coefficient (Wildman–Crippen LogP) is 1.55. The fraction of sp³-hybridized carbons (Fsp3) is 0.417. The highest BCUT2D eigenvalue weighted by Gasteiger charge is 2.24. The van der Waals surface area contributed by atoms with Gasteiger partial charge in [-0.15, -0.1) is 0 Å². The van der Waals surface area contributed by atoms with Crippen LogP contribution in [0.2, 0.25) is 0 Å². The Bertz CT molecular complexity index is 337. The van der Waals surface area contributed by atoms with Crippen molar-refractivity contribution in [3.8, 4) is 0 Å². The van der Waals surface area contributed by atoms with Gasteiger partial charge < -0.3 is 9.64 Å². The number of benzene rings is 1. The summed E-state index contributed by atoms with van der Waals surface area (Å²) in [7, 11) is 0. The van der Waals surface area contributed by atoms with Crippen molar-refractivity contribution in [2.75, 3.05) is 19.8 Å². The standard InChI is InChI=1S/C12H15NO2/c1-10-9-15-8-7-13(10)12(14)11-5-3-2-4-6-11/h2-6,10H,7-9H2,1H3/t10-/m1/s1. The Balaban J connectivity index is 2.13. The maximum atomic E-state index is 12.1. The zero-order valence-corrected chi connectivity index (χ0v) is 8.85. The zero-order valence-electron chi connectivity index (χ0n) is 8.85. The first-order chi connectivity index (χ1) is 7.29. The third-order valence-corrected chi connectivity index (χ3v) is 2.65. The van der Waals surface area contributed by atoms with Gasteiger partial charge >= 0.3 is 0 Å². The van der Waals surface area contributed by atoms with Crippen LogP contribution in [-0.2, 0) is 4.74 Å². The maximum absolute atomic E-state index is 12.1. The SMILES string of the molecule is C[C@@H]1COCCN1C(=O)c1ccccc1. The van der Waals surface area contributed by atoms with E-state index in [1.54, 1.807) is 0 Å². The molecule has 80 valence electrons. The van der Waals surface area contributed by atoms with Crippen molar-refractivity contribution in [2.45, 2.75) is 13.0 Å². The van der Waals surface area contributed by atoms with E-state index in [-0.39, 0.29) is 11.9 Å². The first kappa shape index (κ1) is 10.2. The minimum Gasteiger partial charge on any atom is -0.377 e. The molecule has 1 heterocycles. The molecule has 1 fully saturated rings. The van der Waals surface area contributed by atoms with Gasteiger partial charge in [0.05, 0.1) is 19.3 Å². The molecule has 0 unspecified atom stereocenters. The molecule has 1 aromatic carbocycles. The van der Waals surface area contributed by atoms with Gasteiger partial charge in [-0.1, -0.05) is 18.2 Å². The first-order valence-corrected chi connectivity index (χ1v) is 5.23. The molecule has 3 heteroatoms. The summed E-state index contributed by atoms with van der Waals surface area (Å²) in [4.78, 5) is 14.0. The van der Waals surface area contributed by atoms with Crippen molar-refractivity contribution in [1.82, 2.24) is 4.90 Å². The molecule has 0 aromatic heterocycles. The normalized spacial score (nSPS) is 21.4. The number of carbonyl (C=O) groups is 1. The molecule has 1 saturated heterocycles. The predicted molar refractivity (Wildman–Crippen MR) is 57.8 cm³/mol. The average molecular weight is 205 g/mol. The maximum Gasteiger partial charge on any atom is 0.254 e. The molecule has 1 atom stereocenters. The highest BCUT2D eigenvalue weighted by molar-refractivity contribution is 5.94. The molecule has 2 rings (SSSR count).